The Morgan fingerprint density at radius 1 is 1.05 bits per heavy atom. The van der Waals surface area contributed by atoms with Gasteiger partial charge in [0.25, 0.3) is 0 Å². The van der Waals surface area contributed by atoms with Gasteiger partial charge in [-0.3, -0.25) is 4.79 Å². The van der Waals surface area contributed by atoms with Crippen molar-refractivity contribution in [1.29, 1.82) is 0 Å². The van der Waals surface area contributed by atoms with Crippen LogP contribution in [0.1, 0.15) is 20.8 Å². The van der Waals surface area contributed by atoms with Gasteiger partial charge in [-0.05, 0) is 26.8 Å². The van der Waals surface area contributed by atoms with Crippen molar-refractivity contribution in [3.63, 3.8) is 0 Å². The van der Waals surface area contributed by atoms with Crippen LogP contribution in [0.2, 0.25) is 10.0 Å². The summed E-state index contributed by atoms with van der Waals surface area (Å²) in [5.41, 5.74) is -0.593. The van der Waals surface area contributed by atoms with Crippen LogP contribution in [0.4, 0.5) is 0 Å². The van der Waals surface area contributed by atoms with E-state index in [1.807, 2.05) is 24.3 Å². The second-order valence-electron chi connectivity index (χ2n) is 5.35. The molecule has 4 heteroatoms. The summed E-state index contributed by atoms with van der Waals surface area (Å²) in [5, 5.41) is 2.42. The van der Waals surface area contributed by atoms with Gasteiger partial charge in [-0.25, -0.2) is 0 Å². The Morgan fingerprint density at radius 2 is 1.63 bits per heavy atom. The minimum Gasteiger partial charge on any atom is -0.424 e. The lowest BCUT2D eigenvalue weighted by molar-refractivity contribution is -0.142. The Labute approximate surface area is 122 Å². The van der Waals surface area contributed by atoms with E-state index in [-0.39, 0.29) is 5.97 Å². The Morgan fingerprint density at radius 3 is 2.21 bits per heavy atom. The maximum Gasteiger partial charge on any atom is 0.316 e. The molecule has 0 amide bonds. The largest absolute Gasteiger partial charge is 0.424 e. The summed E-state index contributed by atoms with van der Waals surface area (Å²) in [6.07, 6.45) is 0. The summed E-state index contributed by atoms with van der Waals surface area (Å²) in [6, 6.07) is 9.01. The Bertz CT molecular complexity index is 642. The first-order valence-corrected chi connectivity index (χ1v) is 6.65. The Kier molecular flexibility index (Phi) is 3.75. The number of hydrogen-bond acceptors (Lipinski definition) is 2. The number of carbonyl (C=O) groups excluding carboxylic acids is 1. The maximum atomic E-state index is 12.0. The van der Waals surface area contributed by atoms with E-state index in [2.05, 4.69) is 0 Å². The van der Waals surface area contributed by atoms with E-state index in [0.29, 0.717) is 15.8 Å². The third-order valence-electron chi connectivity index (χ3n) is 2.71. The van der Waals surface area contributed by atoms with E-state index in [1.54, 1.807) is 26.8 Å². The lowest BCUT2D eigenvalue weighted by Crippen LogP contribution is -2.25. The molecule has 0 spiro atoms. The highest BCUT2D eigenvalue weighted by Gasteiger charge is 2.25. The number of hydrogen-bond donors (Lipinski definition) is 0. The number of halogens is 2. The lowest BCUT2D eigenvalue weighted by atomic mass is 9.97. The van der Waals surface area contributed by atoms with Crippen molar-refractivity contribution in [2.24, 2.45) is 5.41 Å². The molecule has 100 valence electrons. The van der Waals surface area contributed by atoms with Crippen LogP contribution < -0.4 is 4.74 Å². The number of benzene rings is 2. The van der Waals surface area contributed by atoms with Crippen LogP contribution in [-0.2, 0) is 4.79 Å². The highest BCUT2D eigenvalue weighted by Crippen LogP contribution is 2.38. The summed E-state index contributed by atoms with van der Waals surface area (Å²) >= 11 is 12.3. The van der Waals surface area contributed by atoms with Crippen LogP contribution in [0.25, 0.3) is 10.8 Å². The van der Waals surface area contributed by atoms with Crippen molar-refractivity contribution in [3.8, 4) is 5.75 Å². The molecule has 2 aromatic carbocycles. The zero-order valence-electron chi connectivity index (χ0n) is 11.0. The van der Waals surface area contributed by atoms with Crippen LogP contribution in [0.5, 0.6) is 5.75 Å². The topological polar surface area (TPSA) is 26.3 Å². The molecule has 0 aliphatic rings. The summed E-state index contributed by atoms with van der Waals surface area (Å²) in [7, 11) is 0. The molecule has 0 N–H and O–H groups in total. The fourth-order valence-electron chi connectivity index (χ4n) is 1.62. The van der Waals surface area contributed by atoms with Gasteiger partial charge in [0.05, 0.1) is 15.5 Å². The molecular weight excluding hydrogens is 283 g/mol. The minimum absolute atomic E-state index is 0.332. The first kappa shape index (κ1) is 14.2. The molecule has 2 nitrogen and oxygen atoms in total. The summed E-state index contributed by atoms with van der Waals surface area (Å²) < 4.78 is 5.45. The van der Waals surface area contributed by atoms with Gasteiger partial charge in [0, 0.05) is 10.8 Å². The van der Waals surface area contributed by atoms with Gasteiger partial charge in [-0.15, -0.1) is 0 Å². The van der Waals surface area contributed by atoms with Crippen molar-refractivity contribution in [3.05, 3.63) is 40.4 Å². The first-order chi connectivity index (χ1) is 8.80. The third-order valence-corrected chi connectivity index (χ3v) is 3.30. The SMILES string of the molecule is CC(C)(C)C(=O)Oc1c(Cl)cc(Cl)c2ccccc12. The van der Waals surface area contributed by atoms with Crippen LogP contribution in [0.15, 0.2) is 30.3 Å². The van der Waals surface area contributed by atoms with Crippen molar-refractivity contribution in [2.75, 3.05) is 0 Å². The molecule has 0 saturated heterocycles. The fourth-order valence-corrected chi connectivity index (χ4v) is 2.20. The predicted octanol–water partition coefficient (Wildman–Crippen LogP) is 5.10. The fraction of sp³-hybridized carbons (Fsp3) is 0.267. The van der Waals surface area contributed by atoms with Crippen molar-refractivity contribution < 1.29 is 9.53 Å². The molecule has 0 aliphatic heterocycles. The average Bonchev–Trinajstić information content (AvgIpc) is 2.33. The zero-order valence-corrected chi connectivity index (χ0v) is 12.5. The quantitative estimate of drug-likeness (QED) is 0.541. The van der Waals surface area contributed by atoms with Gasteiger partial charge in [0.1, 0.15) is 0 Å². The summed E-state index contributed by atoms with van der Waals surface area (Å²) in [4.78, 5) is 12.0. The van der Waals surface area contributed by atoms with E-state index >= 15 is 0 Å². The van der Waals surface area contributed by atoms with Crippen molar-refractivity contribution in [2.45, 2.75) is 20.8 Å². The van der Waals surface area contributed by atoms with Gasteiger partial charge in [-0.2, -0.15) is 0 Å². The first-order valence-electron chi connectivity index (χ1n) is 5.90. The molecule has 2 rings (SSSR count). The molecule has 0 unspecified atom stereocenters. The van der Waals surface area contributed by atoms with Gasteiger partial charge in [-0.1, -0.05) is 47.5 Å². The standard InChI is InChI=1S/C15H14Cl2O2/c1-15(2,3)14(18)19-13-10-7-5-4-6-9(10)11(16)8-12(13)17/h4-8H,1-3H3. The second-order valence-corrected chi connectivity index (χ2v) is 6.17. The minimum atomic E-state index is -0.593. The monoisotopic (exact) mass is 296 g/mol. The molecular formula is C15H14Cl2O2. The van der Waals surface area contributed by atoms with Gasteiger partial charge in [0.15, 0.2) is 5.75 Å². The van der Waals surface area contributed by atoms with Crippen LogP contribution in [0.3, 0.4) is 0 Å². The number of fused-ring (bicyclic) bond motifs is 1. The number of carbonyl (C=O) groups is 1. The Balaban J connectivity index is 2.58. The Hall–Kier alpha value is -1.25. The number of rotatable bonds is 1. The molecule has 0 radical (unpaired) electrons. The van der Waals surface area contributed by atoms with Crippen molar-refractivity contribution in [1.82, 2.24) is 0 Å². The molecule has 0 saturated carbocycles. The van der Waals surface area contributed by atoms with E-state index < -0.39 is 5.41 Å². The average molecular weight is 297 g/mol. The normalized spacial score (nSPS) is 11.6. The zero-order chi connectivity index (χ0) is 14.2. The summed E-state index contributed by atoms with van der Waals surface area (Å²) in [5.74, 6) is 0.0310. The van der Waals surface area contributed by atoms with E-state index in [0.717, 1.165) is 10.8 Å². The molecule has 0 bridgehead atoms. The van der Waals surface area contributed by atoms with Gasteiger partial charge >= 0.3 is 5.97 Å². The maximum absolute atomic E-state index is 12.0. The molecule has 0 fully saturated rings. The molecule has 0 atom stereocenters. The van der Waals surface area contributed by atoms with Crippen LogP contribution in [0, 0.1) is 5.41 Å². The smallest absolute Gasteiger partial charge is 0.316 e. The van der Waals surface area contributed by atoms with Gasteiger partial charge < -0.3 is 4.74 Å². The van der Waals surface area contributed by atoms with E-state index in [1.165, 1.54) is 0 Å². The lowest BCUT2D eigenvalue weighted by Gasteiger charge is -2.18. The number of esters is 1. The third kappa shape index (κ3) is 2.85. The molecule has 0 aromatic heterocycles. The highest BCUT2D eigenvalue weighted by molar-refractivity contribution is 6.40. The van der Waals surface area contributed by atoms with Crippen LogP contribution >= 0.6 is 23.2 Å². The van der Waals surface area contributed by atoms with Gasteiger partial charge in [0.2, 0.25) is 0 Å². The second kappa shape index (κ2) is 5.03. The van der Waals surface area contributed by atoms with Crippen LogP contribution in [-0.4, -0.2) is 5.97 Å². The van der Waals surface area contributed by atoms with Crippen molar-refractivity contribution >= 4 is 39.9 Å². The van der Waals surface area contributed by atoms with E-state index in [4.69, 9.17) is 27.9 Å². The molecule has 0 heterocycles. The predicted molar refractivity (Wildman–Crippen MR) is 79.1 cm³/mol. The summed E-state index contributed by atoms with van der Waals surface area (Å²) in [6.45, 7) is 5.38. The number of ether oxygens (including phenoxy) is 1. The van der Waals surface area contributed by atoms with E-state index in [9.17, 15) is 4.79 Å². The highest BCUT2D eigenvalue weighted by atomic mass is 35.5. The molecule has 2 aromatic rings. The molecule has 0 aliphatic carbocycles. The molecule has 19 heavy (non-hydrogen) atoms.